The largest absolute Gasteiger partial charge is 0.354 e. The molecule has 2 saturated carbocycles. The van der Waals surface area contributed by atoms with Crippen LogP contribution < -0.4 is 22.1 Å². The number of hydrogen-bond acceptors (Lipinski definition) is 6. The maximum Gasteiger partial charge on any atom is 0.354 e. The molecule has 0 radical (unpaired) electrons. The van der Waals surface area contributed by atoms with Crippen LogP contribution in [0.15, 0.2) is 35.3 Å². The third-order valence-corrected chi connectivity index (χ3v) is 8.99. The van der Waals surface area contributed by atoms with E-state index in [-0.39, 0.29) is 24.3 Å². The maximum atomic E-state index is 12.8. The van der Waals surface area contributed by atoms with E-state index >= 15 is 0 Å². The van der Waals surface area contributed by atoms with Gasteiger partial charge in [-0.1, -0.05) is 6.07 Å². The lowest BCUT2D eigenvalue weighted by Gasteiger charge is -2.60. The van der Waals surface area contributed by atoms with Crippen molar-refractivity contribution in [3.05, 3.63) is 52.1 Å². The zero-order valence-corrected chi connectivity index (χ0v) is 22.3. The fourth-order valence-corrected chi connectivity index (χ4v) is 6.86. The van der Waals surface area contributed by atoms with Crippen molar-refractivity contribution in [2.24, 2.45) is 11.1 Å². The number of hydrogen-bond donors (Lipinski definition) is 3. The van der Waals surface area contributed by atoms with E-state index in [0.717, 1.165) is 38.0 Å². The summed E-state index contributed by atoms with van der Waals surface area (Å²) < 4.78 is 1.55. The summed E-state index contributed by atoms with van der Waals surface area (Å²) in [5, 5.41) is 5.97. The quantitative estimate of drug-likeness (QED) is 0.562. The van der Waals surface area contributed by atoms with E-state index in [9.17, 15) is 9.59 Å². The number of anilines is 1. The number of nitrogens with zero attached hydrogens (tertiary/aromatic N) is 4. The predicted molar refractivity (Wildman–Crippen MR) is 147 cm³/mol. The monoisotopic (exact) mass is 527 g/mol. The van der Waals surface area contributed by atoms with Gasteiger partial charge in [0.2, 0.25) is 0 Å². The number of urea groups is 1. The number of aromatic nitrogens is 2. The fourth-order valence-electron chi connectivity index (χ4n) is 6.86. The highest BCUT2D eigenvalue weighted by molar-refractivity contribution is 5.88. The molecule has 1 aromatic heterocycles. The zero-order chi connectivity index (χ0) is 24.9. The minimum atomic E-state index is -0.392. The van der Waals surface area contributed by atoms with E-state index in [1.54, 1.807) is 21.7 Å². The number of halogens is 1. The van der Waals surface area contributed by atoms with Crippen LogP contribution >= 0.6 is 12.4 Å². The second kappa shape index (κ2) is 10.4. The molecule has 9 nitrogen and oxygen atoms in total. The molecule has 3 fully saturated rings. The first-order valence-electron chi connectivity index (χ1n) is 13.4. The predicted octanol–water partition coefficient (Wildman–Crippen LogP) is 2.15. The molecular formula is C27H38ClN7O2. The van der Waals surface area contributed by atoms with Gasteiger partial charge in [0, 0.05) is 50.5 Å². The molecule has 4 N–H and O–H groups in total. The molecule has 2 amide bonds. The number of rotatable bonds is 4. The lowest BCUT2D eigenvalue weighted by Crippen LogP contribution is -2.60. The molecule has 1 atom stereocenters. The molecular weight excluding hydrogens is 490 g/mol. The Kier molecular flexibility index (Phi) is 7.33. The number of nitrogens with one attached hydrogen (secondary N) is 2. The Hall–Kier alpha value is -2.46. The molecule has 4 aliphatic rings. The van der Waals surface area contributed by atoms with Crippen molar-refractivity contribution in [3.8, 4) is 5.69 Å². The van der Waals surface area contributed by atoms with Gasteiger partial charge >= 0.3 is 11.7 Å². The van der Waals surface area contributed by atoms with Crippen LogP contribution in [0.3, 0.4) is 0 Å². The van der Waals surface area contributed by atoms with Gasteiger partial charge in [-0.25, -0.2) is 9.59 Å². The molecule has 3 aliphatic carbocycles. The number of aryl methyl sites for hydroxylation is 1. The van der Waals surface area contributed by atoms with Crippen LogP contribution in [0.25, 0.3) is 5.69 Å². The molecule has 200 valence electrons. The second-order valence-electron chi connectivity index (χ2n) is 11.4. The standard InChI is InChI=1S/C27H37N7O2.ClH/c1-32(23-16-27(17-23)14-20(28)15-27)21-4-2-19-13-22(5-3-18(19)12-21)34-9-6-24(31-26(34)36)30-25(35)33-10-7-29-8-11-33;/h3,5-6,9,13,20-21,23,29H,2,4,7-8,10-12,14-17,28H2,1H3,(H,30,31,35,36);1H. The Bertz CT molecular complexity index is 1200. The van der Waals surface area contributed by atoms with Gasteiger partial charge in [0.05, 0.1) is 5.69 Å². The van der Waals surface area contributed by atoms with Gasteiger partial charge in [0.15, 0.2) is 0 Å². The van der Waals surface area contributed by atoms with Gasteiger partial charge in [-0.05, 0) is 86.7 Å². The molecule has 10 heteroatoms. The van der Waals surface area contributed by atoms with Gasteiger partial charge in [-0.3, -0.25) is 9.88 Å². The summed E-state index contributed by atoms with van der Waals surface area (Å²) in [7, 11) is 2.30. The first kappa shape index (κ1) is 26.2. The number of nitrogens with two attached hydrogens (primary N) is 1. The lowest BCUT2D eigenvalue weighted by atomic mass is 9.52. The average Bonchev–Trinajstić information content (AvgIpc) is 2.85. The second-order valence-corrected chi connectivity index (χ2v) is 11.4. The molecule has 6 rings (SSSR count). The van der Waals surface area contributed by atoms with Gasteiger partial charge < -0.3 is 20.9 Å². The van der Waals surface area contributed by atoms with Crippen molar-refractivity contribution >= 4 is 24.3 Å². The maximum absolute atomic E-state index is 12.8. The number of carbonyl (C=O) groups is 1. The van der Waals surface area contributed by atoms with Crippen LogP contribution in [0.1, 0.15) is 43.2 Å². The van der Waals surface area contributed by atoms with Crippen LogP contribution in [0.4, 0.5) is 10.6 Å². The first-order valence-corrected chi connectivity index (χ1v) is 13.4. The molecule has 1 aliphatic heterocycles. The van der Waals surface area contributed by atoms with Crippen molar-refractivity contribution in [1.29, 1.82) is 0 Å². The van der Waals surface area contributed by atoms with E-state index in [0.29, 0.717) is 36.6 Å². The summed E-state index contributed by atoms with van der Waals surface area (Å²) >= 11 is 0. The number of carbonyl (C=O) groups excluding carboxylic acids is 1. The van der Waals surface area contributed by atoms with E-state index in [4.69, 9.17) is 5.73 Å². The van der Waals surface area contributed by atoms with Crippen molar-refractivity contribution in [1.82, 2.24) is 24.7 Å². The van der Waals surface area contributed by atoms with Crippen LogP contribution in [-0.2, 0) is 12.8 Å². The number of fused-ring (bicyclic) bond motifs is 1. The van der Waals surface area contributed by atoms with E-state index in [1.807, 2.05) is 6.07 Å². The van der Waals surface area contributed by atoms with Gasteiger partial charge in [0.25, 0.3) is 0 Å². The van der Waals surface area contributed by atoms with Crippen molar-refractivity contribution in [2.75, 3.05) is 38.5 Å². The number of benzene rings is 1. The summed E-state index contributed by atoms with van der Waals surface area (Å²) in [6.45, 7) is 2.83. The summed E-state index contributed by atoms with van der Waals surface area (Å²) in [6, 6.07) is 9.47. The Morgan fingerprint density at radius 1 is 1.14 bits per heavy atom. The minimum absolute atomic E-state index is 0. The Labute approximate surface area is 224 Å². The Balaban J connectivity index is 0.00000280. The minimum Gasteiger partial charge on any atom is -0.328 e. The smallest absolute Gasteiger partial charge is 0.328 e. The Morgan fingerprint density at radius 2 is 1.89 bits per heavy atom. The number of piperazine rings is 1. The highest BCUT2D eigenvalue weighted by Gasteiger charge is 2.53. The molecule has 2 heterocycles. The normalized spacial score (nSPS) is 28.6. The van der Waals surface area contributed by atoms with Gasteiger partial charge in [-0.15, -0.1) is 12.4 Å². The van der Waals surface area contributed by atoms with E-state index in [1.165, 1.54) is 36.8 Å². The van der Waals surface area contributed by atoms with Crippen LogP contribution in [0, 0.1) is 5.41 Å². The third-order valence-electron chi connectivity index (χ3n) is 8.99. The van der Waals surface area contributed by atoms with Crippen LogP contribution in [0.5, 0.6) is 0 Å². The molecule has 0 bridgehead atoms. The molecule has 1 aromatic carbocycles. The highest BCUT2D eigenvalue weighted by atomic mass is 35.5. The van der Waals surface area contributed by atoms with Crippen molar-refractivity contribution in [3.63, 3.8) is 0 Å². The van der Waals surface area contributed by atoms with Gasteiger partial charge in [-0.2, -0.15) is 4.98 Å². The third kappa shape index (κ3) is 5.14. The average molecular weight is 528 g/mol. The highest BCUT2D eigenvalue weighted by Crippen LogP contribution is 2.56. The Morgan fingerprint density at radius 3 is 2.59 bits per heavy atom. The van der Waals surface area contributed by atoms with Crippen LogP contribution in [-0.4, -0.2) is 76.7 Å². The molecule has 1 unspecified atom stereocenters. The SMILES string of the molecule is CN(C1CCc2cc(-n3ccc(NC(=O)N4CCNCC4)nc3=O)ccc2C1)C1CC2(CC(N)C2)C1.Cl. The summed E-state index contributed by atoms with van der Waals surface area (Å²) in [5.74, 6) is 0.283. The topological polar surface area (TPSA) is 109 Å². The summed E-state index contributed by atoms with van der Waals surface area (Å²) in [5.41, 5.74) is 9.72. The molecule has 1 saturated heterocycles. The summed E-state index contributed by atoms with van der Waals surface area (Å²) in [6.07, 6.45) is 9.95. The number of likely N-dealkylation sites (N-methyl/N-ethyl adjacent to an activating group) is 1. The molecule has 1 spiro atoms. The van der Waals surface area contributed by atoms with Crippen molar-refractivity contribution in [2.45, 2.75) is 63.1 Å². The number of amides is 2. The fraction of sp³-hybridized carbons (Fsp3) is 0.593. The molecule has 37 heavy (non-hydrogen) atoms. The van der Waals surface area contributed by atoms with Crippen LogP contribution in [0.2, 0.25) is 0 Å². The molecule has 2 aromatic rings. The van der Waals surface area contributed by atoms with E-state index < -0.39 is 5.69 Å². The van der Waals surface area contributed by atoms with Crippen molar-refractivity contribution < 1.29 is 4.79 Å². The van der Waals surface area contributed by atoms with Gasteiger partial charge in [0.1, 0.15) is 5.82 Å². The first-order chi connectivity index (χ1) is 17.4. The lowest BCUT2D eigenvalue weighted by molar-refractivity contribution is -0.0706. The van der Waals surface area contributed by atoms with E-state index in [2.05, 4.69) is 39.7 Å². The summed E-state index contributed by atoms with van der Waals surface area (Å²) in [4.78, 5) is 33.7. The zero-order valence-electron chi connectivity index (χ0n) is 21.5.